The van der Waals surface area contributed by atoms with Gasteiger partial charge in [-0.2, -0.15) is 0 Å². The van der Waals surface area contributed by atoms with E-state index >= 15 is 0 Å². The molecule has 0 N–H and O–H groups in total. The van der Waals surface area contributed by atoms with E-state index in [0.29, 0.717) is 6.42 Å². The van der Waals surface area contributed by atoms with Crippen molar-refractivity contribution in [2.24, 2.45) is 0 Å². The fraction of sp³-hybridized carbons (Fsp3) is 0.214. The Bertz CT molecular complexity index is 564. The number of aryl methyl sites for hydroxylation is 2. The molecule has 0 radical (unpaired) electrons. The van der Waals surface area contributed by atoms with Gasteiger partial charge in [0.25, 0.3) is 0 Å². The number of Topliss-reactive ketones (excluding diaryl/α,β-unsaturated/α-hetero) is 1. The standard InChI is InChI=1S/C14H12O2/c1-9-2-7-14(16-9)11-3-5-12-10(8-11)4-6-13(12)15/h2-3,5,7-8H,4,6H2,1H3. The second-order valence-corrected chi connectivity index (χ2v) is 4.21. The number of carbonyl (C=O) groups excluding carboxylic acids is 1. The summed E-state index contributed by atoms with van der Waals surface area (Å²) in [5, 5.41) is 0. The van der Waals surface area contributed by atoms with Crippen molar-refractivity contribution < 1.29 is 9.21 Å². The number of rotatable bonds is 1. The monoisotopic (exact) mass is 212 g/mol. The van der Waals surface area contributed by atoms with Gasteiger partial charge >= 0.3 is 0 Å². The Morgan fingerprint density at radius 3 is 2.75 bits per heavy atom. The largest absolute Gasteiger partial charge is 0.461 e. The van der Waals surface area contributed by atoms with Crippen LogP contribution < -0.4 is 0 Å². The minimum absolute atomic E-state index is 0.261. The molecule has 1 aromatic carbocycles. The lowest BCUT2D eigenvalue weighted by atomic mass is 10.0. The number of furan rings is 1. The predicted octanol–water partition coefficient (Wildman–Crippen LogP) is 3.38. The molecule has 1 aliphatic carbocycles. The fourth-order valence-electron chi connectivity index (χ4n) is 2.20. The van der Waals surface area contributed by atoms with Gasteiger partial charge in [0, 0.05) is 17.5 Å². The Morgan fingerprint density at radius 2 is 2.00 bits per heavy atom. The number of benzene rings is 1. The van der Waals surface area contributed by atoms with Gasteiger partial charge in [-0.05, 0) is 37.1 Å². The van der Waals surface area contributed by atoms with Gasteiger partial charge < -0.3 is 4.42 Å². The molecular weight excluding hydrogens is 200 g/mol. The molecule has 1 aliphatic rings. The molecule has 0 amide bonds. The Morgan fingerprint density at radius 1 is 1.12 bits per heavy atom. The van der Waals surface area contributed by atoms with Gasteiger partial charge in [-0.15, -0.1) is 0 Å². The van der Waals surface area contributed by atoms with Crippen LogP contribution in [0.25, 0.3) is 11.3 Å². The topological polar surface area (TPSA) is 30.2 Å². The number of hydrogen-bond donors (Lipinski definition) is 0. The molecule has 2 heteroatoms. The summed E-state index contributed by atoms with van der Waals surface area (Å²) in [5.74, 6) is 2.04. The van der Waals surface area contributed by atoms with Crippen molar-refractivity contribution in [3.05, 3.63) is 47.2 Å². The first-order valence-electron chi connectivity index (χ1n) is 5.47. The van der Waals surface area contributed by atoms with Gasteiger partial charge in [-0.1, -0.05) is 12.1 Å². The molecule has 0 saturated heterocycles. The normalized spacial score (nSPS) is 14.2. The minimum atomic E-state index is 0.261. The second kappa shape index (κ2) is 3.34. The lowest BCUT2D eigenvalue weighted by Crippen LogP contribution is -1.90. The van der Waals surface area contributed by atoms with E-state index < -0.39 is 0 Å². The Balaban J connectivity index is 2.08. The van der Waals surface area contributed by atoms with Gasteiger partial charge in [0.1, 0.15) is 11.5 Å². The van der Waals surface area contributed by atoms with E-state index in [1.54, 1.807) is 0 Å². The third kappa shape index (κ3) is 1.38. The highest BCUT2D eigenvalue weighted by atomic mass is 16.3. The van der Waals surface area contributed by atoms with Crippen LogP contribution in [-0.2, 0) is 6.42 Å². The Kier molecular flexibility index (Phi) is 1.96. The van der Waals surface area contributed by atoms with Crippen LogP contribution >= 0.6 is 0 Å². The third-order valence-corrected chi connectivity index (χ3v) is 3.05. The molecule has 1 aromatic heterocycles. The highest BCUT2D eigenvalue weighted by Crippen LogP contribution is 2.28. The Labute approximate surface area is 93.9 Å². The van der Waals surface area contributed by atoms with Crippen LogP contribution in [0.1, 0.15) is 28.1 Å². The van der Waals surface area contributed by atoms with Crippen LogP contribution in [0.4, 0.5) is 0 Å². The predicted molar refractivity (Wildman–Crippen MR) is 61.5 cm³/mol. The molecule has 0 spiro atoms. The molecule has 3 rings (SSSR count). The van der Waals surface area contributed by atoms with E-state index in [-0.39, 0.29) is 5.78 Å². The number of hydrogen-bond acceptors (Lipinski definition) is 2. The third-order valence-electron chi connectivity index (χ3n) is 3.05. The van der Waals surface area contributed by atoms with Crippen LogP contribution in [0.15, 0.2) is 34.7 Å². The molecule has 2 aromatic rings. The number of carbonyl (C=O) groups is 1. The quantitative estimate of drug-likeness (QED) is 0.725. The summed E-state index contributed by atoms with van der Waals surface area (Å²) in [4.78, 5) is 11.5. The molecule has 0 aliphatic heterocycles. The molecule has 0 fully saturated rings. The van der Waals surface area contributed by atoms with Gasteiger partial charge in [0.2, 0.25) is 0 Å². The minimum Gasteiger partial charge on any atom is -0.461 e. The van der Waals surface area contributed by atoms with Gasteiger partial charge in [0.15, 0.2) is 5.78 Å². The molecule has 1 heterocycles. The average Bonchev–Trinajstić information content (AvgIpc) is 2.86. The van der Waals surface area contributed by atoms with Crippen LogP contribution in [0, 0.1) is 6.92 Å². The second-order valence-electron chi connectivity index (χ2n) is 4.21. The number of fused-ring (bicyclic) bond motifs is 1. The highest BCUT2D eigenvalue weighted by Gasteiger charge is 2.19. The molecule has 80 valence electrons. The van der Waals surface area contributed by atoms with Crippen LogP contribution in [-0.4, -0.2) is 5.78 Å². The SMILES string of the molecule is Cc1ccc(-c2ccc3c(c2)CCC3=O)o1. The van der Waals surface area contributed by atoms with E-state index in [1.165, 1.54) is 0 Å². The summed E-state index contributed by atoms with van der Waals surface area (Å²) in [7, 11) is 0. The molecule has 0 unspecified atom stereocenters. The maximum absolute atomic E-state index is 11.5. The van der Waals surface area contributed by atoms with Crippen molar-refractivity contribution in [2.75, 3.05) is 0 Å². The summed E-state index contributed by atoms with van der Waals surface area (Å²) in [6.45, 7) is 1.93. The molecule has 0 saturated carbocycles. The lowest BCUT2D eigenvalue weighted by Gasteiger charge is -2.01. The van der Waals surface area contributed by atoms with Gasteiger partial charge in [0.05, 0.1) is 0 Å². The van der Waals surface area contributed by atoms with Crippen molar-refractivity contribution in [1.29, 1.82) is 0 Å². The summed E-state index contributed by atoms with van der Waals surface area (Å²) >= 11 is 0. The zero-order chi connectivity index (χ0) is 11.1. The molecule has 0 bridgehead atoms. The van der Waals surface area contributed by atoms with Crippen molar-refractivity contribution in [2.45, 2.75) is 19.8 Å². The first kappa shape index (κ1) is 9.40. The van der Waals surface area contributed by atoms with E-state index in [4.69, 9.17) is 4.42 Å². The zero-order valence-corrected chi connectivity index (χ0v) is 9.12. The van der Waals surface area contributed by atoms with E-state index in [2.05, 4.69) is 6.07 Å². The van der Waals surface area contributed by atoms with Crippen LogP contribution in [0.3, 0.4) is 0 Å². The van der Waals surface area contributed by atoms with E-state index in [0.717, 1.165) is 34.6 Å². The van der Waals surface area contributed by atoms with Crippen molar-refractivity contribution in [3.8, 4) is 11.3 Å². The lowest BCUT2D eigenvalue weighted by molar-refractivity contribution is 0.0994. The summed E-state index contributed by atoms with van der Waals surface area (Å²) in [5.41, 5.74) is 3.09. The molecule has 2 nitrogen and oxygen atoms in total. The molecule has 0 atom stereocenters. The summed E-state index contributed by atoms with van der Waals surface area (Å²) in [6, 6.07) is 9.86. The summed E-state index contributed by atoms with van der Waals surface area (Å²) < 4.78 is 5.57. The van der Waals surface area contributed by atoms with E-state index in [9.17, 15) is 4.79 Å². The van der Waals surface area contributed by atoms with Gasteiger partial charge in [-0.3, -0.25) is 4.79 Å². The molecule has 16 heavy (non-hydrogen) atoms. The highest BCUT2D eigenvalue weighted by molar-refractivity contribution is 6.00. The Hall–Kier alpha value is -1.83. The van der Waals surface area contributed by atoms with Gasteiger partial charge in [-0.25, -0.2) is 0 Å². The molecular formula is C14H12O2. The average molecular weight is 212 g/mol. The first-order chi connectivity index (χ1) is 7.74. The van der Waals surface area contributed by atoms with Crippen LogP contribution in [0.5, 0.6) is 0 Å². The van der Waals surface area contributed by atoms with E-state index in [1.807, 2.05) is 31.2 Å². The summed E-state index contributed by atoms with van der Waals surface area (Å²) in [6.07, 6.45) is 1.51. The maximum Gasteiger partial charge on any atom is 0.163 e. The first-order valence-corrected chi connectivity index (χ1v) is 5.47. The number of ketones is 1. The van der Waals surface area contributed by atoms with Crippen LogP contribution in [0.2, 0.25) is 0 Å². The van der Waals surface area contributed by atoms with Crippen molar-refractivity contribution in [3.63, 3.8) is 0 Å². The van der Waals surface area contributed by atoms with Crippen molar-refractivity contribution >= 4 is 5.78 Å². The smallest absolute Gasteiger partial charge is 0.163 e. The zero-order valence-electron chi connectivity index (χ0n) is 9.12. The van der Waals surface area contributed by atoms with Crippen molar-refractivity contribution in [1.82, 2.24) is 0 Å². The maximum atomic E-state index is 11.5. The fourth-order valence-corrected chi connectivity index (χ4v) is 2.20.